The first kappa shape index (κ1) is 17.4. The van der Waals surface area contributed by atoms with Crippen molar-refractivity contribution in [2.24, 2.45) is 0 Å². The Kier molecular flexibility index (Phi) is 4.07. The van der Waals surface area contributed by atoms with Crippen LogP contribution in [-0.4, -0.2) is 20.3 Å². The first-order chi connectivity index (χ1) is 11.6. The number of nitrogens with zero attached hydrogens (tertiary/aromatic N) is 3. The maximum absolute atomic E-state index is 9.62. The molecule has 0 aliphatic heterocycles. The fourth-order valence-corrected chi connectivity index (χ4v) is 2.82. The van der Waals surface area contributed by atoms with E-state index >= 15 is 0 Å². The minimum Gasteiger partial charge on any atom is -0.338 e. The second-order valence-corrected chi connectivity index (χ2v) is 8.44. The van der Waals surface area contributed by atoms with E-state index in [9.17, 15) is 5.26 Å². The van der Waals surface area contributed by atoms with Gasteiger partial charge in [0.25, 0.3) is 0 Å². The quantitative estimate of drug-likeness (QED) is 0.534. The van der Waals surface area contributed by atoms with Gasteiger partial charge in [-0.1, -0.05) is 59.7 Å². The van der Waals surface area contributed by atoms with E-state index in [2.05, 4.69) is 57.8 Å². The predicted molar refractivity (Wildman–Crippen MR) is 99.5 cm³/mol. The van der Waals surface area contributed by atoms with Crippen molar-refractivity contribution in [1.82, 2.24) is 15.0 Å². The van der Waals surface area contributed by atoms with Gasteiger partial charge in [-0.15, -0.1) is 15.0 Å². The van der Waals surface area contributed by atoms with Crippen molar-refractivity contribution in [2.75, 3.05) is 0 Å². The smallest absolute Gasteiger partial charge is 0.196 e. The van der Waals surface area contributed by atoms with Gasteiger partial charge in [0, 0.05) is 5.56 Å². The number of aromatic nitrogens is 3. The van der Waals surface area contributed by atoms with Crippen LogP contribution >= 0.6 is 0 Å². The Hall–Kier alpha value is -2.40. The molecule has 0 saturated carbocycles. The number of hydrogen-bond acceptors (Lipinski definition) is 4. The molecule has 0 unspecified atom stereocenters. The second kappa shape index (κ2) is 5.85. The SMILES string of the molecule is CC(C)(C)c1cc(-n2nc3ccccc3n2)c(OO)c(C(C)(C)C)c1. The van der Waals surface area contributed by atoms with Crippen LogP contribution in [0.5, 0.6) is 5.75 Å². The Labute approximate surface area is 148 Å². The van der Waals surface area contributed by atoms with Gasteiger partial charge in [0.05, 0.1) is 0 Å². The normalized spacial score (nSPS) is 12.6. The monoisotopic (exact) mass is 339 g/mol. The molecule has 0 aliphatic carbocycles. The van der Waals surface area contributed by atoms with E-state index in [1.165, 1.54) is 0 Å². The maximum Gasteiger partial charge on any atom is 0.196 e. The van der Waals surface area contributed by atoms with Crippen LogP contribution in [0.1, 0.15) is 52.7 Å². The molecule has 25 heavy (non-hydrogen) atoms. The van der Waals surface area contributed by atoms with Gasteiger partial charge >= 0.3 is 0 Å². The summed E-state index contributed by atoms with van der Waals surface area (Å²) in [7, 11) is 0. The third-order valence-corrected chi connectivity index (χ3v) is 4.34. The highest BCUT2D eigenvalue weighted by Crippen LogP contribution is 2.39. The summed E-state index contributed by atoms with van der Waals surface area (Å²) in [6.07, 6.45) is 0. The number of hydrogen-bond donors (Lipinski definition) is 1. The molecule has 0 aliphatic rings. The highest BCUT2D eigenvalue weighted by Gasteiger charge is 2.28. The minimum absolute atomic E-state index is 0.0602. The van der Waals surface area contributed by atoms with Crippen LogP contribution in [0.25, 0.3) is 16.7 Å². The molecule has 0 fully saturated rings. The fourth-order valence-electron chi connectivity index (χ4n) is 2.82. The largest absolute Gasteiger partial charge is 0.338 e. The summed E-state index contributed by atoms with van der Waals surface area (Å²) < 4.78 is 0. The molecular formula is C20H25N3O2. The maximum atomic E-state index is 9.62. The molecule has 132 valence electrons. The van der Waals surface area contributed by atoms with E-state index < -0.39 is 0 Å². The molecule has 3 rings (SSSR count). The third-order valence-electron chi connectivity index (χ3n) is 4.34. The van der Waals surface area contributed by atoms with E-state index in [1.54, 1.807) is 4.80 Å². The van der Waals surface area contributed by atoms with Gasteiger partial charge in [0.15, 0.2) is 5.75 Å². The summed E-state index contributed by atoms with van der Waals surface area (Å²) in [4.78, 5) is 6.36. The van der Waals surface area contributed by atoms with Crippen LogP contribution in [0.2, 0.25) is 0 Å². The Morgan fingerprint density at radius 2 is 1.44 bits per heavy atom. The third kappa shape index (κ3) is 3.24. The van der Waals surface area contributed by atoms with Gasteiger partial charge in [-0.05, 0) is 34.6 Å². The van der Waals surface area contributed by atoms with Crippen molar-refractivity contribution in [3.05, 3.63) is 47.5 Å². The Morgan fingerprint density at radius 1 is 0.880 bits per heavy atom. The van der Waals surface area contributed by atoms with Gasteiger partial charge in [-0.3, -0.25) is 0 Å². The van der Waals surface area contributed by atoms with Crippen LogP contribution < -0.4 is 4.89 Å². The molecule has 0 radical (unpaired) electrons. The molecule has 1 aromatic heterocycles. The molecule has 1 N–H and O–H groups in total. The lowest BCUT2D eigenvalue weighted by atomic mass is 9.80. The summed E-state index contributed by atoms with van der Waals surface area (Å²) in [5.41, 5.74) is 4.01. The molecule has 0 atom stereocenters. The van der Waals surface area contributed by atoms with Crippen molar-refractivity contribution in [3.8, 4) is 11.4 Å². The van der Waals surface area contributed by atoms with Gasteiger partial charge in [-0.25, -0.2) is 5.26 Å². The minimum atomic E-state index is -0.208. The van der Waals surface area contributed by atoms with Crippen LogP contribution in [0, 0.1) is 0 Å². The Bertz CT molecular complexity index is 882. The highest BCUT2D eigenvalue weighted by molar-refractivity contribution is 5.74. The van der Waals surface area contributed by atoms with Gasteiger partial charge in [0.1, 0.15) is 16.7 Å². The molecule has 0 saturated heterocycles. The summed E-state index contributed by atoms with van der Waals surface area (Å²) >= 11 is 0. The van der Waals surface area contributed by atoms with E-state index in [1.807, 2.05) is 30.3 Å². The van der Waals surface area contributed by atoms with Crippen molar-refractivity contribution in [1.29, 1.82) is 0 Å². The van der Waals surface area contributed by atoms with Gasteiger partial charge in [-0.2, -0.15) is 0 Å². The van der Waals surface area contributed by atoms with Crippen LogP contribution in [-0.2, 0) is 10.8 Å². The molecular weight excluding hydrogens is 314 g/mol. The molecule has 5 nitrogen and oxygen atoms in total. The molecule has 0 spiro atoms. The predicted octanol–water partition coefficient (Wildman–Crippen LogP) is 4.87. The van der Waals surface area contributed by atoms with Gasteiger partial charge in [0.2, 0.25) is 0 Å². The Balaban J connectivity index is 2.33. The standard InChI is InChI=1S/C20H25N3O2/c1-19(2,3)13-11-14(20(4,5)6)18(25-24)17(12-13)23-21-15-9-7-8-10-16(15)22-23/h7-12,24H,1-6H3. The van der Waals surface area contributed by atoms with Crippen LogP contribution in [0.3, 0.4) is 0 Å². The molecule has 0 amide bonds. The molecule has 1 heterocycles. The van der Waals surface area contributed by atoms with Gasteiger partial charge < -0.3 is 4.89 Å². The van der Waals surface area contributed by atoms with E-state index in [0.717, 1.165) is 22.2 Å². The van der Waals surface area contributed by atoms with Crippen molar-refractivity contribution in [3.63, 3.8) is 0 Å². The lowest BCUT2D eigenvalue weighted by molar-refractivity contribution is -0.138. The molecule has 3 aromatic rings. The summed E-state index contributed by atoms with van der Waals surface area (Å²) in [6, 6.07) is 11.8. The second-order valence-electron chi connectivity index (χ2n) is 8.44. The summed E-state index contributed by atoms with van der Waals surface area (Å²) in [6.45, 7) is 12.7. The average molecular weight is 339 g/mol. The van der Waals surface area contributed by atoms with Crippen molar-refractivity contribution >= 4 is 11.0 Å². The molecule has 2 aromatic carbocycles. The summed E-state index contributed by atoms with van der Waals surface area (Å²) in [5.74, 6) is 0.390. The zero-order chi connectivity index (χ0) is 18.4. The molecule has 5 heteroatoms. The Morgan fingerprint density at radius 3 is 1.88 bits per heavy atom. The summed E-state index contributed by atoms with van der Waals surface area (Å²) in [5, 5.41) is 18.7. The average Bonchev–Trinajstić information content (AvgIpc) is 2.95. The van der Waals surface area contributed by atoms with Crippen molar-refractivity contribution in [2.45, 2.75) is 52.4 Å². The lowest BCUT2D eigenvalue weighted by Crippen LogP contribution is -2.19. The first-order valence-electron chi connectivity index (χ1n) is 8.44. The lowest BCUT2D eigenvalue weighted by Gasteiger charge is -2.27. The number of rotatable bonds is 2. The zero-order valence-corrected chi connectivity index (χ0v) is 15.7. The van der Waals surface area contributed by atoms with Crippen LogP contribution in [0.4, 0.5) is 0 Å². The fraction of sp³-hybridized carbons (Fsp3) is 0.400. The van der Waals surface area contributed by atoms with Crippen molar-refractivity contribution < 1.29 is 10.1 Å². The topological polar surface area (TPSA) is 60.2 Å². The van der Waals surface area contributed by atoms with E-state index in [-0.39, 0.29) is 10.8 Å². The van der Waals surface area contributed by atoms with Crippen LogP contribution in [0.15, 0.2) is 36.4 Å². The first-order valence-corrected chi connectivity index (χ1v) is 8.44. The molecule has 0 bridgehead atoms. The van der Waals surface area contributed by atoms with E-state index in [0.29, 0.717) is 11.4 Å². The highest BCUT2D eigenvalue weighted by atomic mass is 17.1. The van der Waals surface area contributed by atoms with E-state index in [4.69, 9.17) is 4.89 Å². The number of benzene rings is 2. The number of fused-ring (bicyclic) bond motifs is 1. The zero-order valence-electron chi connectivity index (χ0n) is 15.7.